The Kier molecular flexibility index (Phi) is 2.69. The van der Waals surface area contributed by atoms with Crippen LogP contribution in [0.5, 0.6) is 0 Å². The van der Waals surface area contributed by atoms with Gasteiger partial charge >= 0.3 is 0 Å². The van der Waals surface area contributed by atoms with E-state index in [1.807, 2.05) is 0 Å². The summed E-state index contributed by atoms with van der Waals surface area (Å²) in [5.74, 6) is 0.104. The first kappa shape index (κ1) is 9.48. The number of aliphatic hydroxyl groups is 1. The Morgan fingerprint density at radius 3 is 2.67 bits per heavy atom. The molecule has 1 aliphatic heterocycles. The Morgan fingerprint density at radius 2 is 2.25 bits per heavy atom. The molecule has 0 spiro atoms. The number of rotatable bonds is 3. The first-order valence-electron chi connectivity index (χ1n) is 4.25. The number of carbonyl (C=O) groups excluding carboxylic acids is 1. The first-order chi connectivity index (χ1) is 5.55. The van der Waals surface area contributed by atoms with E-state index >= 15 is 0 Å². The number of β-amino-alcohol motifs (C(OH)–C–C–N with tert-alkyl or cyclic N) is 1. The minimum Gasteiger partial charge on any atom is -0.386 e. The molecule has 70 valence electrons. The van der Waals surface area contributed by atoms with Crippen molar-refractivity contribution in [3.63, 3.8) is 0 Å². The fourth-order valence-electron chi connectivity index (χ4n) is 1.36. The molecule has 0 radical (unpaired) electrons. The highest BCUT2D eigenvalue weighted by Gasteiger charge is 2.38. The van der Waals surface area contributed by atoms with Gasteiger partial charge in [0.25, 0.3) is 0 Å². The minimum absolute atomic E-state index is 0.104. The summed E-state index contributed by atoms with van der Waals surface area (Å²) in [7, 11) is 0. The van der Waals surface area contributed by atoms with Crippen LogP contribution in [-0.4, -0.2) is 41.1 Å². The van der Waals surface area contributed by atoms with Crippen molar-refractivity contribution in [1.82, 2.24) is 4.90 Å². The largest absolute Gasteiger partial charge is 0.386 e. The van der Waals surface area contributed by atoms with Gasteiger partial charge in [0, 0.05) is 6.42 Å². The Labute approximate surface area is 72.3 Å². The summed E-state index contributed by atoms with van der Waals surface area (Å²) >= 11 is 0. The lowest BCUT2D eigenvalue weighted by Gasteiger charge is -2.44. The van der Waals surface area contributed by atoms with Gasteiger partial charge < -0.3 is 15.7 Å². The van der Waals surface area contributed by atoms with Crippen molar-refractivity contribution in [2.24, 2.45) is 5.73 Å². The SMILES string of the molecule is CC1(O)CN(C(=O)CCCN)C1. The molecular formula is C8H16N2O2. The van der Waals surface area contributed by atoms with Crippen LogP contribution in [0.4, 0.5) is 0 Å². The molecular weight excluding hydrogens is 156 g/mol. The van der Waals surface area contributed by atoms with Gasteiger partial charge in [0.2, 0.25) is 5.91 Å². The van der Waals surface area contributed by atoms with E-state index in [0.29, 0.717) is 26.1 Å². The second-order valence-electron chi connectivity index (χ2n) is 3.64. The predicted molar refractivity (Wildman–Crippen MR) is 45.5 cm³/mol. The van der Waals surface area contributed by atoms with Crippen LogP contribution in [0.25, 0.3) is 0 Å². The van der Waals surface area contributed by atoms with Gasteiger partial charge in [0.05, 0.1) is 18.7 Å². The average molecular weight is 172 g/mol. The monoisotopic (exact) mass is 172 g/mol. The summed E-state index contributed by atoms with van der Waals surface area (Å²) in [5, 5.41) is 9.34. The topological polar surface area (TPSA) is 66.6 Å². The van der Waals surface area contributed by atoms with Crippen molar-refractivity contribution >= 4 is 5.91 Å². The molecule has 1 fully saturated rings. The highest BCUT2D eigenvalue weighted by Crippen LogP contribution is 2.20. The van der Waals surface area contributed by atoms with Crippen LogP contribution in [0.3, 0.4) is 0 Å². The number of nitrogens with zero attached hydrogens (tertiary/aromatic N) is 1. The van der Waals surface area contributed by atoms with Crippen molar-refractivity contribution < 1.29 is 9.90 Å². The third-order valence-electron chi connectivity index (χ3n) is 2.01. The number of hydrogen-bond acceptors (Lipinski definition) is 3. The Bertz CT molecular complexity index is 172. The van der Waals surface area contributed by atoms with Gasteiger partial charge in [-0.2, -0.15) is 0 Å². The third kappa shape index (κ3) is 2.19. The quantitative estimate of drug-likeness (QED) is 0.592. The highest BCUT2D eigenvalue weighted by molar-refractivity contribution is 5.77. The fourth-order valence-corrected chi connectivity index (χ4v) is 1.36. The molecule has 1 saturated heterocycles. The molecule has 0 saturated carbocycles. The summed E-state index contributed by atoms with van der Waals surface area (Å²) in [5.41, 5.74) is 4.62. The van der Waals surface area contributed by atoms with Crippen LogP contribution in [0, 0.1) is 0 Å². The number of hydrogen-bond donors (Lipinski definition) is 2. The standard InChI is InChI=1S/C8H16N2O2/c1-8(12)5-10(6-8)7(11)3-2-4-9/h12H,2-6,9H2,1H3. The van der Waals surface area contributed by atoms with Gasteiger partial charge in [-0.3, -0.25) is 4.79 Å². The molecule has 1 amide bonds. The smallest absolute Gasteiger partial charge is 0.222 e. The van der Waals surface area contributed by atoms with Crippen molar-refractivity contribution in [2.45, 2.75) is 25.4 Å². The summed E-state index contributed by atoms with van der Waals surface area (Å²) in [6, 6.07) is 0. The lowest BCUT2D eigenvalue weighted by Crippen LogP contribution is -2.61. The second kappa shape index (κ2) is 3.41. The Hall–Kier alpha value is -0.610. The van der Waals surface area contributed by atoms with E-state index in [9.17, 15) is 9.90 Å². The Balaban J connectivity index is 2.19. The van der Waals surface area contributed by atoms with Gasteiger partial charge in [0.1, 0.15) is 0 Å². The molecule has 1 rings (SSSR count). The zero-order valence-electron chi connectivity index (χ0n) is 7.42. The number of likely N-dealkylation sites (tertiary alicyclic amines) is 1. The van der Waals surface area contributed by atoms with Crippen LogP contribution in [0.15, 0.2) is 0 Å². The fraction of sp³-hybridized carbons (Fsp3) is 0.875. The molecule has 3 N–H and O–H groups in total. The maximum Gasteiger partial charge on any atom is 0.222 e. The van der Waals surface area contributed by atoms with Crippen LogP contribution in [-0.2, 0) is 4.79 Å². The van der Waals surface area contributed by atoms with Crippen LogP contribution >= 0.6 is 0 Å². The molecule has 4 heteroatoms. The normalized spacial score (nSPS) is 20.4. The van der Waals surface area contributed by atoms with E-state index in [-0.39, 0.29) is 5.91 Å². The lowest BCUT2D eigenvalue weighted by molar-refractivity contribution is -0.152. The molecule has 1 aliphatic rings. The maximum absolute atomic E-state index is 11.2. The molecule has 0 aromatic heterocycles. The molecule has 0 bridgehead atoms. The van der Waals surface area contributed by atoms with E-state index in [0.717, 1.165) is 6.42 Å². The van der Waals surface area contributed by atoms with Crippen LogP contribution < -0.4 is 5.73 Å². The van der Waals surface area contributed by atoms with E-state index < -0.39 is 5.60 Å². The van der Waals surface area contributed by atoms with E-state index in [1.54, 1.807) is 11.8 Å². The zero-order chi connectivity index (χ0) is 9.19. The van der Waals surface area contributed by atoms with Gasteiger partial charge in [-0.25, -0.2) is 0 Å². The molecule has 4 nitrogen and oxygen atoms in total. The molecule has 1 heterocycles. The average Bonchev–Trinajstić information content (AvgIpc) is 1.95. The van der Waals surface area contributed by atoms with Crippen molar-refractivity contribution in [3.05, 3.63) is 0 Å². The Morgan fingerprint density at radius 1 is 1.67 bits per heavy atom. The molecule has 12 heavy (non-hydrogen) atoms. The number of amides is 1. The molecule has 0 aromatic carbocycles. The van der Waals surface area contributed by atoms with Crippen molar-refractivity contribution in [3.8, 4) is 0 Å². The van der Waals surface area contributed by atoms with Gasteiger partial charge in [0.15, 0.2) is 0 Å². The van der Waals surface area contributed by atoms with E-state index in [1.165, 1.54) is 0 Å². The van der Waals surface area contributed by atoms with Gasteiger partial charge in [-0.15, -0.1) is 0 Å². The number of nitrogens with two attached hydrogens (primary N) is 1. The molecule has 0 aromatic rings. The summed E-state index contributed by atoms with van der Waals surface area (Å²) < 4.78 is 0. The highest BCUT2D eigenvalue weighted by atomic mass is 16.3. The van der Waals surface area contributed by atoms with Crippen LogP contribution in [0.1, 0.15) is 19.8 Å². The van der Waals surface area contributed by atoms with E-state index in [2.05, 4.69) is 0 Å². The molecule has 0 atom stereocenters. The van der Waals surface area contributed by atoms with Crippen molar-refractivity contribution in [2.75, 3.05) is 19.6 Å². The maximum atomic E-state index is 11.2. The van der Waals surface area contributed by atoms with Crippen molar-refractivity contribution in [1.29, 1.82) is 0 Å². The summed E-state index contributed by atoms with van der Waals surface area (Å²) in [4.78, 5) is 12.9. The zero-order valence-corrected chi connectivity index (χ0v) is 7.42. The summed E-state index contributed by atoms with van der Waals surface area (Å²) in [6.45, 7) is 3.22. The van der Waals surface area contributed by atoms with Gasteiger partial charge in [-0.1, -0.05) is 0 Å². The second-order valence-corrected chi connectivity index (χ2v) is 3.64. The van der Waals surface area contributed by atoms with E-state index in [4.69, 9.17) is 5.73 Å². The molecule has 0 unspecified atom stereocenters. The predicted octanol–water partition coefficient (Wildman–Crippen LogP) is -0.681. The lowest BCUT2D eigenvalue weighted by atomic mass is 9.96. The van der Waals surface area contributed by atoms with Gasteiger partial charge in [-0.05, 0) is 19.9 Å². The third-order valence-corrected chi connectivity index (χ3v) is 2.01. The minimum atomic E-state index is -0.654. The number of carbonyl (C=O) groups is 1. The van der Waals surface area contributed by atoms with Crippen LogP contribution in [0.2, 0.25) is 0 Å². The molecule has 0 aliphatic carbocycles. The summed E-state index contributed by atoms with van der Waals surface area (Å²) in [6.07, 6.45) is 1.24. The first-order valence-corrected chi connectivity index (χ1v) is 4.25.